The van der Waals surface area contributed by atoms with Crippen molar-refractivity contribution in [1.82, 2.24) is 4.98 Å². The summed E-state index contributed by atoms with van der Waals surface area (Å²) in [7, 11) is 0. The lowest BCUT2D eigenvalue weighted by molar-refractivity contribution is 0.214. The van der Waals surface area contributed by atoms with Crippen LogP contribution in [-0.2, 0) is 0 Å². The Bertz CT molecular complexity index is 563. The topological polar surface area (TPSA) is 33.1 Å². The molecule has 18 heavy (non-hydrogen) atoms. The quantitative estimate of drug-likeness (QED) is 0.918. The Morgan fingerprint density at radius 3 is 2.44 bits per heavy atom. The predicted molar refractivity (Wildman–Crippen MR) is 71.9 cm³/mol. The number of benzene rings is 1. The largest absolute Gasteiger partial charge is 0.384 e. The number of pyridine rings is 1. The molecule has 1 N–H and O–H groups in total. The summed E-state index contributed by atoms with van der Waals surface area (Å²) in [4.78, 5) is 3.68. The van der Waals surface area contributed by atoms with Gasteiger partial charge in [0.1, 0.15) is 11.9 Å². The first-order valence-corrected chi connectivity index (χ1v) is 6.34. The maximum absolute atomic E-state index is 13.6. The molecule has 1 aromatic carbocycles. The number of aliphatic hydroxyl groups excluding tert-OH is 1. The average Bonchev–Trinajstić information content (AvgIpc) is 2.35. The van der Waals surface area contributed by atoms with Crippen LogP contribution in [0, 0.1) is 19.7 Å². The zero-order chi connectivity index (χ0) is 13.3. The van der Waals surface area contributed by atoms with Gasteiger partial charge in [-0.3, -0.25) is 4.98 Å². The van der Waals surface area contributed by atoms with E-state index in [1.54, 1.807) is 0 Å². The second-order valence-electron chi connectivity index (χ2n) is 4.27. The Morgan fingerprint density at radius 2 is 1.89 bits per heavy atom. The van der Waals surface area contributed by atoms with Gasteiger partial charge in [-0.05, 0) is 36.6 Å². The molecule has 0 aliphatic carbocycles. The van der Waals surface area contributed by atoms with Crippen molar-refractivity contribution in [3.8, 4) is 0 Å². The van der Waals surface area contributed by atoms with E-state index in [9.17, 15) is 9.50 Å². The third-order valence-electron chi connectivity index (χ3n) is 2.87. The lowest BCUT2D eigenvalue weighted by Gasteiger charge is -2.15. The molecule has 94 valence electrons. The molecule has 0 aliphatic heterocycles. The van der Waals surface area contributed by atoms with Crippen molar-refractivity contribution in [2.45, 2.75) is 20.0 Å². The zero-order valence-corrected chi connectivity index (χ0v) is 11.7. The molecule has 0 saturated heterocycles. The predicted octanol–water partition coefficient (Wildman–Crippen LogP) is 3.68. The molecule has 1 aromatic heterocycles. The van der Waals surface area contributed by atoms with Crippen LogP contribution in [0.4, 0.5) is 4.39 Å². The molecule has 0 radical (unpaired) electrons. The normalized spacial score (nSPS) is 12.5. The van der Waals surface area contributed by atoms with Crippen molar-refractivity contribution in [3.05, 3.63) is 63.1 Å². The maximum Gasteiger partial charge on any atom is 0.147 e. The number of rotatable bonds is 2. The van der Waals surface area contributed by atoms with Crippen LogP contribution in [0.5, 0.6) is 0 Å². The lowest BCUT2D eigenvalue weighted by atomic mass is 9.98. The second kappa shape index (κ2) is 5.16. The van der Waals surface area contributed by atoms with Crippen LogP contribution < -0.4 is 0 Å². The van der Waals surface area contributed by atoms with Gasteiger partial charge in [0.15, 0.2) is 0 Å². The highest BCUT2D eigenvalue weighted by Gasteiger charge is 2.16. The first-order valence-electron chi connectivity index (χ1n) is 5.55. The van der Waals surface area contributed by atoms with E-state index >= 15 is 0 Å². The molecule has 0 spiro atoms. The summed E-state index contributed by atoms with van der Waals surface area (Å²) in [5, 5.41) is 10.2. The molecule has 0 fully saturated rings. The van der Waals surface area contributed by atoms with E-state index in [0.29, 0.717) is 5.56 Å². The molecular formula is C14H13BrFNO. The molecule has 1 atom stereocenters. The molecular weight excluding hydrogens is 297 g/mol. The van der Waals surface area contributed by atoms with Gasteiger partial charge in [-0.15, -0.1) is 0 Å². The van der Waals surface area contributed by atoms with Gasteiger partial charge in [0.05, 0.1) is 6.20 Å². The molecule has 0 saturated carbocycles. The van der Waals surface area contributed by atoms with Gasteiger partial charge < -0.3 is 5.11 Å². The van der Waals surface area contributed by atoms with Gasteiger partial charge in [-0.25, -0.2) is 4.39 Å². The van der Waals surface area contributed by atoms with Crippen molar-refractivity contribution in [3.63, 3.8) is 0 Å². The van der Waals surface area contributed by atoms with Crippen LogP contribution in [0.3, 0.4) is 0 Å². The fourth-order valence-electron chi connectivity index (χ4n) is 1.92. The monoisotopic (exact) mass is 309 g/mol. The number of aromatic nitrogens is 1. The highest BCUT2D eigenvalue weighted by molar-refractivity contribution is 9.10. The van der Waals surface area contributed by atoms with Gasteiger partial charge in [-0.1, -0.05) is 28.1 Å². The number of hydrogen-bond acceptors (Lipinski definition) is 2. The van der Waals surface area contributed by atoms with Gasteiger partial charge in [-0.2, -0.15) is 0 Å². The highest BCUT2D eigenvalue weighted by atomic mass is 79.9. The van der Waals surface area contributed by atoms with Crippen LogP contribution in [0.1, 0.15) is 28.4 Å². The molecule has 0 aliphatic rings. The standard InChI is InChI=1S/C14H13BrFNO/c1-8-5-10(6-9(2)13(8)15)14(18)11-3-4-17-7-12(11)16/h3-7,14,18H,1-2H3. The minimum Gasteiger partial charge on any atom is -0.384 e. The number of aliphatic hydroxyl groups is 1. The van der Waals surface area contributed by atoms with E-state index in [1.807, 2.05) is 26.0 Å². The Labute approximate surface area is 114 Å². The number of nitrogens with zero attached hydrogens (tertiary/aromatic N) is 1. The van der Waals surface area contributed by atoms with E-state index in [1.165, 1.54) is 12.3 Å². The zero-order valence-electron chi connectivity index (χ0n) is 10.1. The third kappa shape index (κ3) is 2.44. The van der Waals surface area contributed by atoms with Crippen LogP contribution >= 0.6 is 15.9 Å². The molecule has 2 rings (SSSR count). The molecule has 2 aromatic rings. The molecule has 1 heterocycles. The van der Waals surface area contributed by atoms with E-state index < -0.39 is 11.9 Å². The Kier molecular flexibility index (Phi) is 3.78. The van der Waals surface area contributed by atoms with Crippen molar-refractivity contribution in [2.75, 3.05) is 0 Å². The smallest absolute Gasteiger partial charge is 0.147 e. The van der Waals surface area contributed by atoms with E-state index in [0.717, 1.165) is 21.8 Å². The Hall–Kier alpha value is -1.26. The molecule has 4 heteroatoms. The van der Waals surface area contributed by atoms with Crippen LogP contribution in [-0.4, -0.2) is 10.1 Å². The maximum atomic E-state index is 13.6. The summed E-state index contributed by atoms with van der Waals surface area (Å²) in [6.07, 6.45) is 1.61. The van der Waals surface area contributed by atoms with Crippen molar-refractivity contribution in [2.24, 2.45) is 0 Å². The fourth-order valence-corrected chi connectivity index (χ4v) is 2.15. The van der Waals surface area contributed by atoms with Gasteiger partial charge in [0.25, 0.3) is 0 Å². The van der Waals surface area contributed by atoms with Crippen molar-refractivity contribution >= 4 is 15.9 Å². The van der Waals surface area contributed by atoms with E-state index in [-0.39, 0.29) is 5.56 Å². The summed E-state index contributed by atoms with van der Waals surface area (Å²) in [5.41, 5.74) is 2.95. The van der Waals surface area contributed by atoms with Gasteiger partial charge in [0, 0.05) is 16.2 Å². The summed E-state index contributed by atoms with van der Waals surface area (Å²) in [5.74, 6) is -0.497. The minimum atomic E-state index is -0.974. The molecule has 0 bridgehead atoms. The Morgan fingerprint density at radius 1 is 1.28 bits per heavy atom. The highest BCUT2D eigenvalue weighted by Crippen LogP contribution is 2.29. The number of hydrogen-bond donors (Lipinski definition) is 1. The fraction of sp³-hybridized carbons (Fsp3) is 0.214. The van der Waals surface area contributed by atoms with Gasteiger partial charge >= 0.3 is 0 Å². The third-order valence-corrected chi connectivity index (χ3v) is 4.12. The lowest BCUT2D eigenvalue weighted by Crippen LogP contribution is -2.04. The average molecular weight is 310 g/mol. The van der Waals surface area contributed by atoms with Crippen molar-refractivity contribution in [1.29, 1.82) is 0 Å². The molecule has 1 unspecified atom stereocenters. The summed E-state index contributed by atoms with van der Waals surface area (Å²) in [6, 6.07) is 5.19. The first kappa shape index (κ1) is 13.2. The number of halogens is 2. The molecule has 0 amide bonds. The first-order chi connectivity index (χ1) is 8.50. The summed E-state index contributed by atoms with van der Waals surface area (Å²) < 4.78 is 14.6. The summed E-state index contributed by atoms with van der Waals surface area (Å²) >= 11 is 3.47. The van der Waals surface area contributed by atoms with Gasteiger partial charge in [0.2, 0.25) is 0 Å². The SMILES string of the molecule is Cc1cc(C(O)c2ccncc2F)cc(C)c1Br. The van der Waals surface area contributed by atoms with E-state index in [2.05, 4.69) is 20.9 Å². The minimum absolute atomic E-state index is 0.242. The Balaban J connectivity index is 2.47. The number of aryl methyl sites for hydroxylation is 2. The van der Waals surface area contributed by atoms with Crippen LogP contribution in [0.15, 0.2) is 35.1 Å². The molecule has 2 nitrogen and oxygen atoms in total. The van der Waals surface area contributed by atoms with E-state index in [4.69, 9.17) is 0 Å². The summed E-state index contributed by atoms with van der Waals surface area (Å²) in [6.45, 7) is 3.88. The second-order valence-corrected chi connectivity index (χ2v) is 5.06. The van der Waals surface area contributed by atoms with Crippen LogP contribution in [0.25, 0.3) is 0 Å². The van der Waals surface area contributed by atoms with Crippen LogP contribution in [0.2, 0.25) is 0 Å². The van der Waals surface area contributed by atoms with Crippen molar-refractivity contribution < 1.29 is 9.50 Å².